The van der Waals surface area contributed by atoms with Gasteiger partial charge in [-0.3, -0.25) is 9.48 Å². The van der Waals surface area contributed by atoms with Gasteiger partial charge in [0, 0.05) is 30.5 Å². The molecule has 0 aliphatic rings. The third-order valence-corrected chi connectivity index (χ3v) is 3.36. The van der Waals surface area contributed by atoms with Crippen LogP contribution < -0.4 is 11.3 Å². The normalized spacial score (nSPS) is 12.6. The molecule has 102 valence electrons. The van der Waals surface area contributed by atoms with Crippen molar-refractivity contribution in [3.63, 3.8) is 0 Å². The molecule has 1 atom stereocenters. The molecule has 2 heterocycles. The summed E-state index contributed by atoms with van der Waals surface area (Å²) >= 11 is 0. The summed E-state index contributed by atoms with van der Waals surface area (Å²) in [5, 5.41) is 4.50. The van der Waals surface area contributed by atoms with Gasteiger partial charge in [-0.25, -0.2) is 0 Å². The van der Waals surface area contributed by atoms with Gasteiger partial charge in [0.2, 0.25) is 0 Å². The van der Waals surface area contributed by atoms with Crippen LogP contribution in [0.1, 0.15) is 37.6 Å². The number of rotatable bonds is 5. The second-order valence-corrected chi connectivity index (χ2v) is 4.71. The van der Waals surface area contributed by atoms with Crippen molar-refractivity contribution >= 4 is 0 Å². The standard InChI is InChI=1S/C14H20N4O/c1-3-11(2)18-8-6-13(16-18)10-17-7-4-5-12(9-15)14(17)19/h4-8,11H,3,9-10,15H2,1-2H3. The molecule has 0 bridgehead atoms. The molecule has 0 fully saturated rings. The van der Waals surface area contributed by atoms with E-state index in [-0.39, 0.29) is 12.1 Å². The van der Waals surface area contributed by atoms with Crippen LogP contribution in [0.2, 0.25) is 0 Å². The molecule has 2 aromatic heterocycles. The molecule has 5 nitrogen and oxygen atoms in total. The van der Waals surface area contributed by atoms with E-state index < -0.39 is 0 Å². The van der Waals surface area contributed by atoms with Crippen LogP contribution in [0.25, 0.3) is 0 Å². The van der Waals surface area contributed by atoms with Crippen molar-refractivity contribution in [1.82, 2.24) is 14.3 Å². The second kappa shape index (κ2) is 5.84. The minimum Gasteiger partial charge on any atom is -0.326 e. The summed E-state index contributed by atoms with van der Waals surface area (Å²) in [6.45, 7) is 5.00. The van der Waals surface area contributed by atoms with Gasteiger partial charge >= 0.3 is 0 Å². The van der Waals surface area contributed by atoms with Gasteiger partial charge in [0.1, 0.15) is 0 Å². The van der Waals surface area contributed by atoms with Crippen molar-refractivity contribution in [1.29, 1.82) is 0 Å². The first-order valence-corrected chi connectivity index (χ1v) is 6.58. The van der Waals surface area contributed by atoms with E-state index in [1.807, 2.05) is 23.0 Å². The van der Waals surface area contributed by atoms with Crippen molar-refractivity contribution < 1.29 is 0 Å². The Balaban J connectivity index is 2.22. The summed E-state index contributed by atoms with van der Waals surface area (Å²) in [4.78, 5) is 12.0. The quantitative estimate of drug-likeness (QED) is 0.886. The van der Waals surface area contributed by atoms with Gasteiger partial charge in [0.05, 0.1) is 12.2 Å². The molecule has 0 radical (unpaired) electrons. The maximum Gasteiger partial charge on any atom is 0.255 e. The zero-order chi connectivity index (χ0) is 13.8. The van der Waals surface area contributed by atoms with Crippen molar-refractivity contribution in [3.05, 3.63) is 52.2 Å². The highest BCUT2D eigenvalue weighted by molar-refractivity contribution is 5.11. The average Bonchev–Trinajstić information content (AvgIpc) is 2.89. The first-order chi connectivity index (χ1) is 9.15. The van der Waals surface area contributed by atoms with E-state index in [0.29, 0.717) is 18.2 Å². The van der Waals surface area contributed by atoms with Gasteiger partial charge in [-0.05, 0) is 25.5 Å². The van der Waals surface area contributed by atoms with Crippen LogP contribution in [-0.4, -0.2) is 14.3 Å². The van der Waals surface area contributed by atoms with E-state index >= 15 is 0 Å². The van der Waals surface area contributed by atoms with E-state index in [4.69, 9.17) is 5.73 Å². The highest BCUT2D eigenvalue weighted by Gasteiger charge is 2.07. The van der Waals surface area contributed by atoms with Gasteiger partial charge in [-0.2, -0.15) is 5.10 Å². The minimum atomic E-state index is -0.0388. The number of pyridine rings is 1. The lowest BCUT2D eigenvalue weighted by molar-refractivity contribution is 0.472. The molecule has 5 heteroatoms. The lowest BCUT2D eigenvalue weighted by atomic mass is 10.2. The fourth-order valence-corrected chi connectivity index (χ4v) is 1.94. The zero-order valence-electron chi connectivity index (χ0n) is 11.4. The molecule has 19 heavy (non-hydrogen) atoms. The second-order valence-electron chi connectivity index (χ2n) is 4.71. The van der Waals surface area contributed by atoms with Crippen LogP contribution >= 0.6 is 0 Å². The monoisotopic (exact) mass is 260 g/mol. The molecule has 2 N–H and O–H groups in total. The third-order valence-electron chi connectivity index (χ3n) is 3.36. The topological polar surface area (TPSA) is 65.8 Å². The van der Waals surface area contributed by atoms with E-state index in [1.165, 1.54) is 0 Å². The van der Waals surface area contributed by atoms with Crippen LogP contribution in [0, 0.1) is 0 Å². The number of hydrogen-bond acceptors (Lipinski definition) is 3. The van der Waals surface area contributed by atoms with Gasteiger partial charge in [-0.15, -0.1) is 0 Å². The number of nitrogens with zero attached hydrogens (tertiary/aromatic N) is 3. The van der Waals surface area contributed by atoms with Crippen LogP contribution in [-0.2, 0) is 13.1 Å². The Bertz CT molecular complexity index is 599. The van der Waals surface area contributed by atoms with Crippen LogP contribution in [0.5, 0.6) is 0 Å². The zero-order valence-corrected chi connectivity index (χ0v) is 11.4. The Morgan fingerprint density at radius 1 is 1.37 bits per heavy atom. The Kier molecular flexibility index (Phi) is 4.16. The summed E-state index contributed by atoms with van der Waals surface area (Å²) in [6.07, 6.45) is 4.76. The van der Waals surface area contributed by atoms with Crippen LogP contribution in [0.15, 0.2) is 35.4 Å². The van der Waals surface area contributed by atoms with Crippen molar-refractivity contribution in [2.24, 2.45) is 5.73 Å². The number of aromatic nitrogens is 3. The highest BCUT2D eigenvalue weighted by atomic mass is 16.1. The molecule has 0 saturated heterocycles. The fourth-order valence-electron chi connectivity index (χ4n) is 1.94. The fraction of sp³-hybridized carbons (Fsp3) is 0.429. The molecule has 0 aromatic carbocycles. The highest BCUT2D eigenvalue weighted by Crippen LogP contribution is 2.09. The third kappa shape index (κ3) is 2.93. The molecular formula is C14H20N4O. The van der Waals surface area contributed by atoms with E-state index in [2.05, 4.69) is 18.9 Å². The van der Waals surface area contributed by atoms with Gasteiger partial charge in [0.15, 0.2) is 0 Å². The van der Waals surface area contributed by atoms with Gasteiger partial charge in [-0.1, -0.05) is 13.0 Å². The number of hydrogen-bond donors (Lipinski definition) is 1. The first kappa shape index (κ1) is 13.5. The van der Waals surface area contributed by atoms with Gasteiger partial charge in [0.25, 0.3) is 5.56 Å². The molecule has 0 aliphatic carbocycles. The Labute approximate surface area is 112 Å². The van der Waals surface area contributed by atoms with Gasteiger partial charge < -0.3 is 10.3 Å². The molecule has 2 aromatic rings. The summed E-state index contributed by atoms with van der Waals surface area (Å²) in [5.41, 5.74) is 7.02. The van der Waals surface area contributed by atoms with Crippen LogP contribution in [0.3, 0.4) is 0 Å². The lowest BCUT2D eigenvalue weighted by Crippen LogP contribution is -2.25. The summed E-state index contributed by atoms with van der Waals surface area (Å²) < 4.78 is 3.58. The van der Waals surface area contributed by atoms with E-state index in [9.17, 15) is 4.79 Å². The Morgan fingerprint density at radius 2 is 2.16 bits per heavy atom. The largest absolute Gasteiger partial charge is 0.326 e. The Morgan fingerprint density at radius 3 is 2.84 bits per heavy atom. The van der Waals surface area contributed by atoms with Crippen molar-refractivity contribution in [2.45, 2.75) is 39.4 Å². The van der Waals surface area contributed by atoms with E-state index in [1.54, 1.807) is 16.8 Å². The molecule has 0 saturated carbocycles. The molecule has 0 amide bonds. The maximum atomic E-state index is 12.0. The molecule has 1 unspecified atom stereocenters. The minimum absolute atomic E-state index is 0.0388. The first-order valence-electron chi connectivity index (χ1n) is 6.58. The maximum absolute atomic E-state index is 12.0. The summed E-state index contributed by atoms with van der Waals surface area (Å²) in [6, 6.07) is 5.93. The van der Waals surface area contributed by atoms with E-state index in [0.717, 1.165) is 12.1 Å². The lowest BCUT2D eigenvalue weighted by Gasteiger charge is -2.08. The molecule has 2 rings (SSSR count). The van der Waals surface area contributed by atoms with Crippen LogP contribution in [0.4, 0.5) is 0 Å². The average molecular weight is 260 g/mol. The summed E-state index contributed by atoms with van der Waals surface area (Å²) in [5.74, 6) is 0. The number of nitrogens with two attached hydrogens (primary N) is 1. The molecule has 0 aliphatic heterocycles. The van der Waals surface area contributed by atoms with Crippen molar-refractivity contribution in [3.8, 4) is 0 Å². The summed E-state index contributed by atoms with van der Waals surface area (Å²) in [7, 11) is 0. The molecular weight excluding hydrogens is 240 g/mol. The molecule has 0 spiro atoms. The SMILES string of the molecule is CCC(C)n1ccc(Cn2cccc(CN)c2=O)n1. The predicted molar refractivity (Wildman–Crippen MR) is 74.9 cm³/mol. The van der Waals surface area contributed by atoms with Crippen molar-refractivity contribution in [2.75, 3.05) is 0 Å². The smallest absolute Gasteiger partial charge is 0.255 e. The predicted octanol–water partition coefficient (Wildman–Crippen LogP) is 1.52. The Hall–Kier alpha value is -1.88.